The molecule has 1 atom stereocenters. The molecular formula is C14H18BrN3OS. The zero-order chi connectivity index (χ0) is 14.5. The first-order valence-corrected chi connectivity index (χ1v) is 7.82. The summed E-state index contributed by atoms with van der Waals surface area (Å²) in [5, 5.41) is 2.91. The lowest BCUT2D eigenvalue weighted by molar-refractivity contribution is -0.117. The Labute approximate surface area is 132 Å². The fourth-order valence-corrected chi connectivity index (χ4v) is 2.96. The molecular weight excluding hydrogens is 338 g/mol. The highest BCUT2D eigenvalue weighted by atomic mass is 79.9. The van der Waals surface area contributed by atoms with E-state index in [-0.39, 0.29) is 11.8 Å². The number of nitrogens with two attached hydrogens (primary N) is 1. The minimum absolute atomic E-state index is 0.0134. The van der Waals surface area contributed by atoms with Gasteiger partial charge in [0.2, 0.25) is 5.91 Å². The van der Waals surface area contributed by atoms with Crippen molar-refractivity contribution < 1.29 is 4.79 Å². The molecule has 1 aliphatic rings. The Hall–Kier alpha value is -0.980. The summed E-state index contributed by atoms with van der Waals surface area (Å²) in [6.45, 7) is 2.07. The quantitative estimate of drug-likeness (QED) is 0.814. The Morgan fingerprint density at radius 1 is 1.50 bits per heavy atom. The van der Waals surface area contributed by atoms with E-state index in [0.29, 0.717) is 11.5 Å². The van der Waals surface area contributed by atoms with E-state index in [9.17, 15) is 4.79 Å². The number of hydrogen-bond acceptors (Lipinski definition) is 3. The smallest absolute Gasteiger partial charge is 0.238 e. The highest BCUT2D eigenvalue weighted by Crippen LogP contribution is 2.21. The van der Waals surface area contributed by atoms with Gasteiger partial charge in [-0.05, 0) is 47.4 Å². The normalized spacial score (nSPS) is 19.6. The average Bonchev–Trinajstić information content (AvgIpc) is 2.41. The van der Waals surface area contributed by atoms with Gasteiger partial charge in [0.15, 0.2) is 0 Å². The number of nitrogens with one attached hydrogen (secondary N) is 1. The predicted octanol–water partition coefficient (Wildman–Crippen LogP) is 2.39. The van der Waals surface area contributed by atoms with E-state index < -0.39 is 0 Å². The maximum atomic E-state index is 12.1. The first-order valence-electron chi connectivity index (χ1n) is 6.62. The molecule has 108 valence electrons. The summed E-state index contributed by atoms with van der Waals surface area (Å²) in [6.07, 6.45) is 2.06. The minimum Gasteiger partial charge on any atom is -0.393 e. The maximum Gasteiger partial charge on any atom is 0.238 e. The van der Waals surface area contributed by atoms with Crippen LogP contribution in [0.1, 0.15) is 12.8 Å². The number of nitrogens with zero attached hydrogens (tertiary/aromatic N) is 1. The Kier molecular flexibility index (Phi) is 5.51. The molecule has 20 heavy (non-hydrogen) atoms. The molecule has 1 unspecified atom stereocenters. The number of anilines is 1. The standard InChI is InChI=1S/C14H18BrN3OS/c15-11-5-1-2-6-12(11)17-13(19)9-18-7-3-4-10(8-18)14(16)20/h1-2,5-6,10H,3-4,7-9H2,(H2,16,20)(H,17,19). The van der Waals surface area contributed by atoms with Gasteiger partial charge < -0.3 is 11.1 Å². The van der Waals surface area contributed by atoms with Crippen LogP contribution in [-0.4, -0.2) is 35.4 Å². The van der Waals surface area contributed by atoms with Gasteiger partial charge in [0.1, 0.15) is 0 Å². The summed E-state index contributed by atoms with van der Waals surface area (Å²) < 4.78 is 0.882. The molecule has 1 aromatic rings. The number of amides is 1. The number of thiocarbonyl (C=S) groups is 1. The molecule has 0 spiro atoms. The van der Waals surface area contributed by atoms with Gasteiger partial charge in [-0.1, -0.05) is 24.4 Å². The van der Waals surface area contributed by atoms with Crippen LogP contribution in [0.25, 0.3) is 0 Å². The van der Waals surface area contributed by atoms with Crippen molar-refractivity contribution in [3.05, 3.63) is 28.7 Å². The van der Waals surface area contributed by atoms with Gasteiger partial charge in [-0.25, -0.2) is 0 Å². The average molecular weight is 356 g/mol. The maximum absolute atomic E-state index is 12.1. The number of likely N-dealkylation sites (tertiary alicyclic amines) is 1. The number of hydrogen-bond donors (Lipinski definition) is 2. The topological polar surface area (TPSA) is 58.4 Å². The minimum atomic E-state index is -0.0134. The Balaban J connectivity index is 1.88. The highest BCUT2D eigenvalue weighted by molar-refractivity contribution is 9.10. The summed E-state index contributed by atoms with van der Waals surface area (Å²) in [6, 6.07) is 7.58. The molecule has 1 heterocycles. The lowest BCUT2D eigenvalue weighted by Gasteiger charge is -2.31. The van der Waals surface area contributed by atoms with Crippen molar-refractivity contribution in [2.45, 2.75) is 12.8 Å². The van der Waals surface area contributed by atoms with Gasteiger partial charge in [-0.3, -0.25) is 9.69 Å². The van der Waals surface area contributed by atoms with Gasteiger partial charge in [0.05, 0.1) is 17.2 Å². The van der Waals surface area contributed by atoms with Crippen LogP contribution in [0.5, 0.6) is 0 Å². The van der Waals surface area contributed by atoms with E-state index in [4.69, 9.17) is 18.0 Å². The molecule has 0 aliphatic carbocycles. The Morgan fingerprint density at radius 2 is 2.25 bits per heavy atom. The van der Waals surface area contributed by atoms with Crippen molar-refractivity contribution in [2.24, 2.45) is 11.7 Å². The van der Waals surface area contributed by atoms with Crippen molar-refractivity contribution in [1.29, 1.82) is 0 Å². The predicted molar refractivity (Wildman–Crippen MR) is 88.7 cm³/mol. The Bertz CT molecular complexity index is 509. The van der Waals surface area contributed by atoms with Gasteiger partial charge in [0, 0.05) is 16.9 Å². The van der Waals surface area contributed by atoms with Gasteiger partial charge >= 0.3 is 0 Å². The molecule has 1 aromatic carbocycles. The van der Waals surface area contributed by atoms with Crippen LogP contribution in [0.3, 0.4) is 0 Å². The summed E-state index contributed by atoms with van der Waals surface area (Å²) in [5.41, 5.74) is 6.49. The van der Waals surface area contributed by atoms with Crippen LogP contribution in [-0.2, 0) is 4.79 Å². The lowest BCUT2D eigenvalue weighted by Crippen LogP contribution is -2.43. The molecule has 0 saturated carbocycles. The third-order valence-corrected chi connectivity index (χ3v) is 4.45. The number of carbonyl (C=O) groups is 1. The van der Waals surface area contributed by atoms with Crippen molar-refractivity contribution >= 4 is 44.7 Å². The summed E-state index contributed by atoms with van der Waals surface area (Å²) in [7, 11) is 0. The SMILES string of the molecule is NC(=S)C1CCCN(CC(=O)Nc2ccccc2Br)C1. The first kappa shape index (κ1) is 15.4. The van der Waals surface area contributed by atoms with E-state index >= 15 is 0 Å². The Morgan fingerprint density at radius 3 is 2.95 bits per heavy atom. The second kappa shape index (κ2) is 7.15. The van der Waals surface area contributed by atoms with E-state index in [1.165, 1.54) is 0 Å². The first-order chi connectivity index (χ1) is 9.56. The van der Waals surface area contributed by atoms with E-state index in [0.717, 1.165) is 36.1 Å². The van der Waals surface area contributed by atoms with Crippen molar-refractivity contribution in [1.82, 2.24) is 4.90 Å². The number of halogens is 1. The van der Waals surface area contributed by atoms with Gasteiger partial charge in [-0.15, -0.1) is 0 Å². The van der Waals surface area contributed by atoms with Crippen molar-refractivity contribution in [2.75, 3.05) is 25.0 Å². The molecule has 2 rings (SSSR count). The lowest BCUT2D eigenvalue weighted by atomic mass is 9.98. The third-order valence-electron chi connectivity index (χ3n) is 3.42. The second-order valence-electron chi connectivity index (χ2n) is 5.00. The van der Waals surface area contributed by atoms with Gasteiger partial charge in [0.25, 0.3) is 0 Å². The van der Waals surface area contributed by atoms with Crippen LogP contribution < -0.4 is 11.1 Å². The number of rotatable bonds is 4. The molecule has 0 aromatic heterocycles. The van der Waals surface area contributed by atoms with Crippen molar-refractivity contribution in [3.63, 3.8) is 0 Å². The van der Waals surface area contributed by atoms with E-state index in [1.54, 1.807) is 0 Å². The van der Waals surface area contributed by atoms with Crippen LogP contribution in [0.2, 0.25) is 0 Å². The molecule has 1 aliphatic heterocycles. The van der Waals surface area contributed by atoms with Crippen LogP contribution in [0, 0.1) is 5.92 Å². The molecule has 1 fully saturated rings. The molecule has 0 radical (unpaired) electrons. The number of carbonyl (C=O) groups excluding carboxylic acids is 1. The molecule has 4 nitrogen and oxygen atoms in total. The number of para-hydroxylation sites is 1. The van der Waals surface area contributed by atoms with Crippen LogP contribution >= 0.6 is 28.1 Å². The fourth-order valence-electron chi connectivity index (χ4n) is 2.39. The van der Waals surface area contributed by atoms with Crippen molar-refractivity contribution in [3.8, 4) is 0 Å². The molecule has 3 N–H and O–H groups in total. The van der Waals surface area contributed by atoms with E-state index in [2.05, 4.69) is 26.1 Å². The van der Waals surface area contributed by atoms with Crippen LogP contribution in [0.4, 0.5) is 5.69 Å². The van der Waals surface area contributed by atoms with Crippen LogP contribution in [0.15, 0.2) is 28.7 Å². The van der Waals surface area contributed by atoms with E-state index in [1.807, 2.05) is 24.3 Å². The van der Waals surface area contributed by atoms with Gasteiger partial charge in [-0.2, -0.15) is 0 Å². The zero-order valence-corrected chi connectivity index (χ0v) is 13.5. The third kappa shape index (κ3) is 4.26. The largest absolute Gasteiger partial charge is 0.393 e. The highest BCUT2D eigenvalue weighted by Gasteiger charge is 2.23. The summed E-state index contributed by atoms with van der Waals surface area (Å²) in [5.74, 6) is 0.218. The second-order valence-corrected chi connectivity index (χ2v) is 6.33. The number of benzene rings is 1. The summed E-state index contributed by atoms with van der Waals surface area (Å²) in [4.78, 5) is 14.7. The summed E-state index contributed by atoms with van der Waals surface area (Å²) >= 11 is 8.47. The zero-order valence-electron chi connectivity index (χ0n) is 11.1. The molecule has 0 bridgehead atoms. The molecule has 1 saturated heterocycles. The number of piperidine rings is 1. The molecule has 6 heteroatoms. The monoisotopic (exact) mass is 355 g/mol. The molecule has 1 amide bonds. The fraction of sp³-hybridized carbons (Fsp3) is 0.429.